The first-order chi connectivity index (χ1) is 12.0. The van der Waals surface area contributed by atoms with Gasteiger partial charge in [0.05, 0.1) is 6.54 Å². The average Bonchev–Trinajstić information content (AvgIpc) is 2.59. The lowest BCUT2D eigenvalue weighted by Gasteiger charge is -2.41. The number of piperazine rings is 1. The van der Waals surface area contributed by atoms with Gasteiger partial charge in [-0.25, -0.2) is 0 Å². The molecule has 1 aromatic rings. The van der Waals surface area contributed by atoms with Crippen LogP contribution in [0.5, 0.6) is 5.75 Å². The normalized spacial score (nSPS) is 21.4. The van der Waals surface area contributed by atoms with Gasteiger partial charge in [0.2, 0.25) is 5.91 Å². The van der Waals surface area contributed by atoms with Crippen molar-refractivity contribution in [3.05, 3.63) is 28.2 Å². The van der Waals surface area contributed by atoms with Gasteiger partial charge in [0, 0.05) is 42.3 Å². The van der Waals surface area contributed by atoms with Gasteiger partial charge in [-0.15, -0.1) is 0 Å². The van der Waals surface area contributed by atoms with E-state index in [-0.39, 0.29) is 24.5 Å². The Morgan fingerprint density at radius 2 is 2.00 bits per heavy atom. The number of rotatable bonds is 4. The summed E-state index contributed by atoms with van der Waals surface area (Å²) in [6.07, 6.45) is 1.82. The molecular formula is C17H21Cl2N3O3. The van der Waals surface area contributed by atoms with Crippen LogP contribution in [0, 0.1) is 0 Å². The second kappa shape index (κ2) is 8.25. The summed E-state index contributed by atoms with van der Waals surface area (Å²) in [6.45, 7) is 3.05. The summed E-state index contributed by atoms with van der Waals surface area (Å²) < 4.78 is 5.53. The third kappa shape index (κ3) is 4.77. The number of halogens is 2. The first-order valence-corrected chi connectivity index (χ1v) is 9.15. The number of hydrogen-bond acceptors (Lipinski definition) is 4. The number of carbonyl (C=O) groups excluding carboxylic acids is 2. The lowest BCUT2D eigenvalue weighted by atomic mass is 10.0. The smallest absolute Gasteiger partial charge is 0.260 e. The minimum Gasteiger partial charge on any atom is -0.484 e. The van der Waals surface area contributed by atoms with Crippen LogP contribution in [0.1, 0.15) is 12.8 Å². The van der Waals surface area contributed by atoms with Crippen molar-refractivity contribution < 1.29 is 14.3 Å². The minimum absolute atomic E-state index is 0.0705. The van der Waals surface area contributed by atoms with Crippen molar-refractivity contribution in [1.82, 2.24) is 15.1 Å². The monoisotopic (exact) mass is 385 g/mol. The molecule has 8 heteroatoms. The topological polar surface area (TPSA) is 61.9 Å². The molecule has 2 heterocycles. The Balaban J connectivity index is 1.55. The Morgan fingerprint density at radius 3 is 2.72 bits per heavy atom. The molecule has 1 atom stereocenters. The highest BCUT2D eigenvalue weighted by atomic mass is 35.5. The van der Waals surface area contributed by atoms with Gasteiger partial charge in [-0.2, -0.15) is 0 Å². The van der Waals surface area contributed by atoms with E-state index in [1.54, 1.807) is 23.1 Å². The SMILES string of the molecule is O=C(COc1cc(Cl)cc(Cl)c1)N1CCCC(N2CCNCC2=O)C1. The van der Waals surface area contributed by atoms with E-state index in [2.05, 4.69) is 5.32 Å². The first kappa shape index (κ1) is 18.3. The largest absolute Gasteiger partial charge is 0.484 e. The lowest BCUT2D eigenvalue weighted by molar-refractivity contribution is -0.141. The third-order valence-corrected chi connectivity index (χ3v) is 4.95. The van der Waals surface area contributed by atoms with Crippen LogP contribution in [0.4, 0.5) is 0 Å². The Kier molecular flexibility index (Phi) is 6.04. The summed E-state index contributed by atoms with van der Waals surface area (Å²) in [5.41, 5.74) is 0. The molecule has 25 heavy (non-hydrogen) atoms. The minimum atomic E-state index is -0.0941. The lowest BCUT2D eigenvalue weighted by Crippen LogP contribution is -2.57. The zero-order valence-electron chi connectivity index (χ0n) is 13.8. The van der Waals surface area contributed by atoms with Gasteiger partial charge < -0.3 is 19.9 Å². The molecule has 2 aliphatic rings. The predicted octanol–water partition coefficient (Wildman–Crippen LogP) is 1.79. The number of carbonyl (C=O) groups is 2. The van der Waals surface area contributed by atoms with Crippen LogP contribution in [0.2, 0.25) is 10.0 Å². The molecule has 2 saturated heterocycles. The number of piperidine rings is 1. The molecular weight excluding hydrogens is 365 g/mol. The number of benzene rings is 1. The number of nitrogens with zero attached hydrogens (tertiary/aromatic N) is 2. The molecule has 2 aliphatic heterocycles. The molecule has 0 saturated carbocycles. The second-order valence-electron chi connectivity index (χ2n) is 6.29. The zero-order valence-corrected chi connectivity index (χ0v) is 15.4. The Hall–Kier alpha value is -1.50. The van der Waals surface area contributed by atoms with Crippen molar-refractivity contribution in [1.29, 1.82) is 0 Å². The van der Waals surface area contributed by atoms with Crippen molar-refractivity contribution in [2.45, 2.75) is 18.9 Å². The summed E-state index contributed by atoms with van der Waals surface area (Å²) in [5.74, 6) is 0.482. The van der Waals surface area contributed by atoms with E-state index in [1.807, 2.05) is 4.90 Å². The van der Waals surface area contributed by atoms with Crippen LogP contribution < -0.4 is 10.1 Å². The van der Waals surface area contributed by atoms with Crippen molar-refractivity contribution in [3.63, 3.8) is 0 Å². The second-order valence-corrected chi connectivity index (χ2v) is 7.17. The van der Waals surface area contributed by atoms with E-state index in [9.17, 15) is 9.59 Å². The number of hydrogen-bond donors (Lipinski definition) is 1. The molecule has 1 aromatic carbocycles. The van der Waals surface area contributed by atoms with Crippen molar-refractivity contribution in [2.24, 2.45) is 0 Å². The summed E-state index contributed by atoms with van der Waals surface area (Å²) in [7, 11) is 0. The van der Waals surface area contributed by atoms with Gasteiger partial charge in [0.15, 0.2) is 6.61 Å². The van der Waals surface area contributed by atoms with Crippen LogP contribution in [0.15, 0.2) is 18.2 Å². The van der Waals surface area contributed by atoms with Crippen LogP contribution >= 0.6 is 23.2 Å². The fourth-order valence-electron chi connectivity index (χ4n) is 3.29. The summed E-state index contributed by atoms with van der Waals surface area (Å²) in [4.78, 5) is 28.2. The quantitative estimate of drug-likeness (QED) is 0.857. The molecule has 3 rings (SSSR count). The third-order valence-electron chi connectivity index (χ3n) is 4.51. The van der Waals surface area contributed by atoms with Gasteiger partial charge >= 0.3 is 0 Å². The van der Waals surface area contributed by atoms with E-state index in [0.29, 0.717) is 42.0 Å². The summed E-state index contributed by atoms with van der Waals surface area (Å²) >= 11 is 11.9. The highest BCUT2D eigenvalue weighted by molar-refractivity contribution is 6.34. The van der Waals surface area contributed by atoms with Gasteiger partial charge in [0.25, 0.3) is 5.91 Å². The van der Waals surface area contributed by atoms with Gasteiger partial charge in [0.1, 0.15) is 5.75 Å². The highest BCUT2D eigenvalue weighted by Gasteiger charge is 2.31. The molecule has 1 N–H and O–H groups in total. The van der Waals surface area contributed by atoms with E-state index in [4.69, 9.17) is 27.9 Å². The highest BCUT2D eigenvalue weighted by Crippen LogP contribution is 2.24. The molecule has 0 aliphatic carbocycles. The Morgan fingerprint density at radius 1 is 1.24 bits per heavy atom. The molecule has 0 spiro atoms. The molecule has 2 amide bonds. The summed E-state index contributed by atoms with van der Waals surface area (Å²) in [6, 6.07) is 4.95. The number of amides is 2. The maximum Gasteiger partial charge on any atom is 0.260 e. The van der Waals surface area contributed by atoms with Crippen molar-refractivity contribution in [2.75, 3.05) is 39.3 Å². The van der Waals surface area contributed by atoms with Gasteiger partial charge in [-0.1, -0.05) is 23.2 Å². The van der Waals surface area contributed by atoms with Gasteiger partial charge in [-0.3, -0.25) is 9.59 Å². The van der Waals surface area contributed by atoms with Crippen LogP contribution in [0.25, 0.3) is 0 Å². The average molecular weight is 386 g/mol. The fourth-order valence-corrected chi connectivity index (χ4v) is 3.80. The van der Waals surface area contributed by atoms with E-state index < -0.39 is 0 Å². The maximum atomic E-state index is 12.5. The molecule has 136 valence electrons. The standard InChI is InChI=1S/C17H21Cl2N3O3/c18-12-6-13(19)8-15(7-12)25-11-17(24)21-4-1-2-14(10-21)22-5-3-20-9-16(22)23/h6-8,14,20H,1-5,9-11H2. The Labute approximate surface area is 157 Å². The zero-order chi connectivity index (χ0) is 17.8. The number of likely N-dealkylation sites (tertiary alicyclic amines) is 1. The Bertz CT molecular complexity index is 636. The van der Waals surface area contributed by atoms with Crippen LogP contribution in [-0.4, -0.2) is 67.0 Å². The number of ether oxygens (including phenoxy) is 1. The molecule has 0 bridgehead atoms. The predicted molar refractivity (Wildman–Crippen MR) is 96.1 cm³/mol. The van der Waals surface area contributed by atoms with E-state index in [1.165, 1.54) is 0 Å². The van der Waals surface area contributed by atoms with Crippen molar-refractivity contribution >= 4 is 35.0 Å². The van der Waals surface area contributed by atoms with E-state index >= 15 is 0 Å². The van der Waals surface area contributed by atoms with Crippen molar-refractivity contribution in [3.8, 4) is 5.75 Å². The first-order valence-electron chi connectivity index (χ1n) is 8.40. The molecule has 0 radical (unpaired) electrons. The molecule has 2 fully saturated rings. The maximum absolute atomic E-state index is 12.5. The number of nitrogens with one attached hydrogen (secondary N) is 1. The van der Waals surface area contributed by atoms with E-state index in [0.717, 1.165) is 19.4 Å². The molecule has 1 unspecified atom stereocenters. The molecule has 6 nitrogen and oxygen atoms in total. The molecule has 0 aromatic heterocycles. The van der Waals surface area contributed by atoms with Gasteiger partial charge in [-0.05, 0) is 31.0 Å². The summed E-state index contributed by atoms with van der Waals surface area (Å²) in [5, 5.41) is 4.00. The van der Waals surface area contributed by atoms with Crippen LogP contribution in [-0.2, 0) is 9.59 Å². The fraction of sp³-hybridized carbons (Fsp3) is 0.529. The van der Waals surface area contributed by atoms with Crippen LogP contribution in [0.3, 0.4) is 0 Å².